The normalized spacial score (nSPS) is 35.2. The number of ether oxygens (including phenoxy) is 1. The number of rotatable bonds is 5. The Morgan fingerprint density at radius 2 is 2.22 bits per heavy atom. The van der Waals surface area contributed by atoms with Crippen LogP contribution >= 0.6 is 0 Å². The molecular weight excluding hydrogens is 230 g/mol. The zero-order valence-electron chi connectivity index (χ0n) is 11.6. The van der Waals surface area contributed by atoms with Crippen molar-refractivity contribution >= 4 is 5.97 Å². The van der Waals surface area contributed by atoms with E-state index in [4.69, 9.17) is 0 Å². The molecule has 0 amide bonds. The monoisotopic (exact) mass is 255 g/mol. The van der Waals surface area contributed by atoms with Crippen LogP contribution in [0.15, 0.2) is 0 Å². The molecule has 0 aromatic rings. The minimum absolute atomic E-state index is 0.259. The first-order valence-corrected chi connectivity index (χ1v) is 6.98. The van der Waals surface area contributed by atoms with E-state index in [0.717, 1.165) is 11.8 Å². The molecule has 0 radical (unpaired) electrons. The van der Waals surface area contributed by atoms with Crippen LogP contribution in [0.5, 0.6) is 0 Å². The standard InChI is InChI=1S/C14H25NO3/c1-9(12-7-10-4-5-11(12)6-10)15-8-14(2,17)13(16)18-3/h9-12,15,17H,4-8H2,1-3H3. The van der Waals surface area contributed by atoms with Gasteiger partial charge in [0.1, 0.15) is 0 Å². The van der Waals surface area contributed by atoms with Gasteiger partial charge in [-0.3, -0.25) is 0 Å². The summed E-state index contributed by atoms with van der Waals surface area (Å²) in [6.07, 6.45) is 5.44. The largest absolute Gasteiger partial charge is 0.467 e. The Labute approximate surface area is 109 Å². The van der Waals surface area contributed by atoms with E-state index in [9.17, 15) is 9.90 Å². The molecule has 2 aliphatic rings. The van der Waals surface area contributed by atoms with Gasteiger partial charge in [-0.1, -0.05) is 6.42 Å². The van der Waals surface area contributed by atoms with Crippen LogP contribution in [0.3, 0.4) is 0 Å². The van der Waals surface area contributed by atoms with E-state index in [1.807, 2.05) is 0 Å². The second-order valence-corrected chi connectivity index (χ2v) is 6.27. The van der Waals surface area contributed by atoms with E-state index in [0.29, 0.717) is 12.0 Å². The number of hydrogen-bond acceptors (Lipinski definition) is 4. The quantitative estimate of drug-likeness (QED) is 0.728. The predicted octanol–water partition coefficient (Wildman–Crippen LogP) is 1.32. The molecule has 18 heavy (non-hydrogen) atoms. The maximum Gasteiger partial charge on any atom is 0.338 e. The summed E-state index contributed by atoms with van der Waals surface area (Å²) in [6, 6.07) is 0.358. The van der Waals surface area contributed by atoms with Gasteiger partial charge in [0.05, 0.1) is 7.11 Å². The molecule has 0 aliphatic heterocycles. The SMILES string of the molecule is COC(=O)C(C)(O)CNC(C)C1CC2CCC1C2. The summed E-state index contributed by atoms with van der Waals surface area (Å²) in [5.74, 6) is 1.90. The Morgan fingerprint density at radius 3 is 2.72 bits per heavy atom. The van der Waals surface area contributed by atoms with Gasteiger partial charge in [0.15, 0.2) is 5.60 Å². The van der Waals surface area contributed by atoms with Crippen molar-refractivity contribution in [3.8, 4) is 0 Å². The highest BCUT2D eigenvalue weighted by Gasteiger charge is 2.42. The summed E-state index contributed by atoms with van der Waals surface area (Å²) < 4.78 is 4.59. The summed E-state index contributed by atoms with van der Waals surface area (Å²) in [5.41, 5.74) is -1.43. The molecule has 5 atom stereocenters. The summed E-state index contributed by atoms with van der Waals surface area (Å²) >= 11 is 0. The molecule has 2 fully saturated rings. The molecule has 0 spiro atoms. The number of carbonyl (C=O) groups is 1. The van der Waals surface area contributed by atoms with Gasteiger partial charge < -0.3 is 15.2 Å². The molecule has 5 unspecified atom stereocenters. The highest BCUT2D eigenvalue weighted by molar-refractivity contribution is 5.78. The molecule has 2 saturated carbocycles. The van der Waals surface area contributed by atoms with Crippen molar-refractivity contribution < 1.29 is 14.6 Å². The highest BCUT2D eigenvalue weighted by atomic mass is 16.5. The van der Waals surface area contributed by atoms with Gasteiger partial charge in [-0.15, -0.1) is 0 Å². The Hall–Kier alpha value is -0.610. The van der Waals surface area contributed by atoms with Crippen molar-refractivity contribution in [2.24, 2.45) is 17.8 Å². The van der Waals surface area contributed by atoms with E-state index >= 15 is 0 Å². The summed E-state index contributed by atoms with van der Waals surface area (Å²) in [4.78, 5) is 11.4. The molecule has 4 heteroatoms. The molecule has 2 rings (SSSR count). The zero-order chi connectivity index (χ0) is 13.3. The average Bonchev–Trinajstić information content (AvgIpc) is 2.97. The van der Waals surface area contributed by atoms with E-state index in [1.54, 1.807) is 0 Å². The number of aliphatic hydroxyl groups is 1. The molecule has 0 saturated heterocycles. The zero-order valence-corrected chi connectivity index (χ0v) is 11.6. The molecule has 2 N–H and O–H groups in total. The van der Waals surface area contributed by atoms with Gasteiger partial charge >= 0.3 is 5.97 Å². The van der Waals surface area contributed by atoms with Crippen molar-refractivity contribution in [3.63, 3.8) is 0 Å². The van der Waals surface area contributed by atoms with Crippen molar-refractivity contribution in [2.75, 3.05) is 13.7 Å². The van der Waals surface area contributed by atoms with Crippen LogP contribution in [0.1, 0.15) is 39.5 Å². The van der Waals surface area contributed by atoms with E-state index < -0.39 is 11.6 Å². The van der Waals surface area contributed by atoms with Gasteiger partial charge in [0, 0.05) is 12.6 Å². The third-order valence-corrected chi connectivity index (χ3v) is 4.83. The summed E-state index contributed by atoms with van der Waals surface area (Å²) in [7, 11) is 1.30. The van der Waals surface area contributed by atoms with E-state index in [1.165, 1.54) is 39.7 Å². The first kappa shape index (κ1) is 13.8. The lowest BCUT2D eigenvalue weighted by Gasteiger charge is -2.31. The van der Waals surface area contributed by atoms with E-state index in [-0.39, 0.29) is 6.54 Å². The Morgan fingerprint density at radius 1 is 1.50 bits per heavy atom. The third kappa shape index (κ3) is 2.69. The van der Waals surface area contributed by atoms with Crippen molar-refractivity contribution in [2.45, 2.75) is 51.2 Å². The van der Waals surface area contributed by atoms with Crippen LogP contribution in [0.25, 0.3) is 0 Å². The average molecular weight is 255 g/mol. The number of methoxy groups -OCH3 is 1. The Balaban J connectivity index is 1.81. The topological polar surface area (TPSA) is 58.6 Å². The van der Waals surface area contributed by atoms with Crippen molar-refractivity contribution in [1.29, 1.82) is 0 Å². The number of nitrogens with one attached hydrogen (secondary N) is 1. The molecule has 0 heterocycles. The lowest BCUT2D eigenvalue weighted by molar-refractivity contribution is -0.160. The second kappa shape index (κ2) is 5.17. The van der Waals surface area contributed by atoms with Gasteiger partial charge in [0.25, 0.3) is 0 Å². The molecule has 104 valence electrons. The van der Waals surface area contributed by atoms with Crippen LogP contribution in [-0.4, -0.2) is 36.4 Å². The maximum absolute atomic E-state index is 11.4. The van der Waals surface area contributed by atoms with Crippen LogP contribution in [0, 0.1) is 17.8 Å². The minimum Gasteiger partial charge on any atom is -0.467 e. The van der Waals surface area contributed by atoms with Gasteiger partial charge in [0.2, 0.25) is 0 Å². The fraction of sp³-hybridized carbons (Fsp3) is 0.929. The fourth-order valence-corrected chi connectivity index (χ4v) is 3.71. The van der Waals surface area contributed by atoms with Crippen LogP contribution in [0.4, 0.5) is 0 Å². The van der Waals surface area contributed by atoms with Gasteiger partial charge in [-0.05, 0) is 50.9 Å². The molecule has 0 aromatic heterocycles. The molecular formula is C14H25NO3. The summed E-state index contributed by atoms with van der Waals surface area (Å²) in [6.45, 7) is 3.92. The Bertz CT molecular complexity index is 316. The fourth-order valence-electron chi connectivity index (χ4n) is 3.71. The van der Waals surface area contributed by atoms with Crippen molar-refractivity contribution in [3.05, 3.63) is 0 Å². The first-order chi connectivity index (χ1) is 8.44. The molecule has 4 nitrogen and oxygen atoms in total. The molecule has 2 aliphatic carbocycles. The smallest absolute Gasteiger partial charge is 0.338 e. The Kier molecular flexibility index (Phi) is 3.97. The second-order valence-electron chi connectivity index (χ2n) is 6.27. The predicted molar refractivity (Wildman–Crippen MR) is 69.0 cm³/mol. The molecule has 2 bridgehead atoms. The van der Waals surface area contributed by atoms with Crippen molar-refractivity contribution in [1.82, 2.24) is 5.32 Å². The lowest BCUT2D eigenvalue weighted by Crippen LogP contribution is -2.49. The van der Waals surface area contributed by atoms with E-state index in [2.05, 4.69) is 17.0 Å². The number of hydrogen-bond donors (Lipinski definition) is 2. The van der Waals surface area contributed by atoms with Gasteiger partial charge in [-0.2, -0.15) is 0 Å². The highest BCUT2D eigenvalue weighted by Crippen LogP contribution is 2.49. The minimum atomic E-state index is -1.43. The number of fused-ring (bicyclic) bond motifs is 2. The summed E-state index contributed by atoms with van der Waals surface area (Å²) in [5, 5.41) is 13.3. The third-order valence-electron chi connectivity index (χ3n) is 4.83. The van der Waals surface area contributed by atoms with Gasteiger partial charge in [-0.25, -0.2) is 4.79 Å². The number of carbonyl (C=O) groups excluding carboxylic acids is 1. The first-order valence-electron chi connectivity index (χ1n) is 6.98. The van der Waals surface area contributed by atoms with Crippen LogP contribution in [0.2, 0.25) is 0 Å². The van der Waals surface area contributed by atoms with Crippen LogP contribution < -0.4 is 5.32 Å². The lowest BCUT2D eigenvalue weighted by atomic mass is 9.84. The van der Waals surface area contributed by atoms with Crippen LogP contribution in [-0.2, 0) is 9.53 Å². The number of esters is 1. The molecule has 0 aromatic carbocycles. The maximum atomic E-state index is 11.4.